The van der Waals surface area contributed by atoms with Crippen molar-refractivity contribution in [2.45, 2.75) is 44.6 Å². The Balaban J connectivity index is 2.15. The second-order valence-electron chi connectivity index (χ2n) is 4.99. The van der Waals surface area contributed by atoms with Crippen LogP contribution >= 0.6 is 0 Å². The summed E-state index contributed by atoms with van der Waals surface area (Å²) in [6.07, 6.45) is 5.36. The van der Waals surface area contributed by atoms with Crippen LogP contribution in [-0.2, 0) is 9.84 Å². The van der Waals surface area contributed by atoms with Crippen molar-refractivity contribution in [3.63, 3.8) is 0 Å². The molecule has 0 aromatic heterocycles. The van der Waals surface area contributed by atoms with Gasteiger partial charge in [-0.25, -0.2) is 8.42 Å². The van der Waals surface area contributed by atoms with Gasteiger partial charge < -0.3 is 5.32 Å². The molecule has 0 aromatic carbocycles. The van der Waals surface area contributed by atoms with Crippen LogP contribution in [0.15, 0.2) is 0 Å². The molecule has 2 saturated heterocycles. The average molecular weight is 231 g/mol. The Bertz CT molecular complexity index is 317. The van der Waals surface area contributed by atoms with E-state index in [0.29, 0.717) is 17.4 Å². The standard InChI is InChI=1S/C11H21NO2S/c1-2-11(6-4-7-12-11)10-5-3-8-15(13,14)9-10/h10,12H,2-9H2,1H3. The van der Waals surface area contributed by atoms with Gasteiger partial charge in [0.1, 0.15) is 0 Å². The van der Waals surface area contributed by atoms with Crippen molar-refractivity contribution in [1.29, 1.82) is 0 Å². The maximum atomic E-state index is 11.6. The molecule has 0 radical (unpaired) electrons. The predicted molar refractivity (Wildman–Crippen MR) is 61.6 cm³/mol. The topological polar surface area (TPSA) is 46.2 Å². The zero-order chi connectivity index (χ0) is 10.9. The first-order valence-corrected chi connectivity index (χ1v) is 7.85. The van der Waals surface area contributed by atoms with Gasteiger partial charge in [-0.1, -0.05) is 6.92 Å². The molecule has 1 N–H and O–H groups in total. The van der Waals surface area contributed by atoms with Crippen molar-refractivity contribution in [2.75, 3.05) is 18.1 Å². The smallest absolute Gasteiger partial charge is 0.150 e. The van der Waals surface area contributed by atoms with Crippen LogP contribution in [0.25, 0.3) is 0 Å². The van der Waals surface area contributed by atoms with Crippen LogP contribution in [0.3, 0.4) is 0 Å². The normalized spacial score (nSPS) is 40.5. The molecule has 3 nitrogen and oxygen atoms in total. The predicted octanol–water partition coefficient (Wildman–Crippen LogP) is 1.34. The van der Waals surface area contributed by atoms with E-state index < -0.39 is 9.84 Å². The molecule has 2 aliphatic heterocycles. The number of sulfone groups is 1. The molecule has 88 valence electrons. The SMILES string of the molecule is CCC1(C2CCCS(=O)(=O)C2)CCCN1. The van der Waals surface area contributed by atoms with E-state index in [0.717, 1.165) is 32.2 Å². The molecule has 2 heterocycles. The summed E-state index contributed by atoms with van der Waals surface area (Å²) in [6.45, 7) is 3.24. The third-order valence-electron chi connectivity index (χ3n) is 4.15. The maximum Gasteiger partial charge on any atom is 0.150 e. The lowest BCUT2D eigenvalue weighted by molar-refractivity contribution is 0.228. The number of hydrogen-bond acceptors (Lipinski definition) is 3. The summed E-state index contributed by atoms with van der Waals surface area (Å²) < 4.78 is 23.3. The van der Waals surface area contributed by atoms with E-state index in [2.05, 4.69) is 12.2 Å². The van der Waals surface area contributed by atoms with E-state index in [9.17, 15) is 8.42 Å². The van der Waals surface area contributed by atoms with Gasteiger partial charge in [-0.3, -0.25) is 0 Å². The molecular formula is C11H21NO2S. The first-order chi connectivity index (χ1) is 7.08. The number of rotatable bonds is 2. The van der Waals surface area contributed by atoms with E-state index >= 15 is 0 Å². The van der Waals surface area contributed by atoms with Crippen LogP contribution in [0.1, 0.15) is 39.0 Å². The van der Waals surface area contributed by atoms with Gasteiger partial charge in [-0.05, 0) is 44.6 Å². The molecule has 2 aliphatic rings. The Labute approximate surface area is 92.6 Å². The first-order valence-electron chi connectivity index (χ1n) is 6.03. The van der Waals surface area contributed by atoms with Gasteiger partial charge in [0.15, 0.2) is 9.84 Å². The zero-order valence-corrected chi connectivity index (χ0v) is 10.3. The van der Waals surface area contributed by atoms with Crippen molar-refractivity contribution < 1.29 is 8.42 Å². The highest BCUT2D eigenvalue weighted by atomic mass is 32.2. The zero-order valence-electron chi connectivity index (χ0n) is 9.46. The van der Waals surface area contributed by atoms with Gasteiger partial charge in [0.25, 0.3) is 0 Å². The third kappa shape index (κ3) is 2.21. The highest BCUT2D eigenvalue weighted by molar-refractivity contribution is 7.91. The molecule has 0 saturated carbocycles. The minimum Gasteiger partial charge on any atom is -0.311 e. The highest BCUT2D eigenvalue weighted by Crippen LogP contribution is 2.36. The number of nitrogens with one attached hydrogen (secondary N) is 1. The number of hydrogen-bond donors (Lipinski definition) is 1. The van der Waals surface area contributed by atoms with E-state index in [1.54, 1.807) is 0 Å². The lowest BCUT2D eigenvalue weighted by Crippen LogP contribution is -2.50. The fraction of sp³-hybridized carbons (Fsp3) is 1.00. The molecule has 0 bridgehead atoms. The van der Waals surface area contributed by atoms with Crippen LogP contribution in [-0.4, -0.2) is 32.0 Å². The summed E-state index contributed by atoms with van der Waals surface area (Å²) in [5.41, 5.74) is 0.132. The van der Waals surface area contributed by atoms with Crippen molar-refractivity contribution in [3.8, 4) is 0 Å². The summed E-state index contributed by atoms with van der Waals surface area (Å²) >= 11 is 0. The Morgan fingerprint density at radius 2 is 2.20 bits per heavy atom. The van der Waals surface area contributed by atoms with E-state index in [4.69, 9.17) is 0 Å². The molecule has 2 rings (SSSR count). The highest BCUT2D eigenvalue weighted by Gasteiger charge is 2.42. The van der Waals surface area contributed by atoms with Crippen LogP contribution in [0.5, 0.6) is 0 Å². The van der Waals surface area contributed by atoms with Gasteiger partial charge in [0.05, 0.1) is 11.5 Å². The minimum absolute atomic E-state index is 0.132. The first kappa shape index (κ1) is 11.4. The summed E-state index contributed by atoms with van der Waals surface area (Å²) in [5, 5.41) is 3.56. The van der Waals surface area contributed by atoms with Crippen LogP contribution in [0.2, 0.25) is 0 Å². The van der Waals surface area contributed by atoms with Crippen molar-refractivity contribution >= 4 is 9.84 Å². The van der Waals surface area contributed by atoms with Gasteiger partial charge in [0.2, 0.25) is 0 Å². The summed E-state index contributed by atoms with van der Waals surface area (Å²) in [7, 11) is -2.76. The summed E-state index contributed by atoms with van der Waals surface area (Å²) in [6, 6.07) is 0. The van der Waals surface area contributed by atoms with E-state index in [1.807, 2.05) is 0 Å². The average Bonchev–Trinajstić information content (AvgIpc) is 2.65. The van der Waals surface area contributed by atoms with Crippen LogP contribution in [0, 0.1) is 5.92 Å². The van der Waals surface area contributed by atoms with Crippen molar-refractivity contribution in [3.05, 3.63) is 0 Å². The van der Waals surface area contributed by atoms with Crippen LogP contribution in [0.4, 0.5) is 0 Å². The van der Waals surface area contributed by atoms with E-state index in [1.165, 1.54) is 6.42 Å². The van der Waals surface area contributed by atoms with Gasteiger partial charge in [-0.2, -0.15) is 0 Å². The molecule has 2 fully saturated rings. The molecule has 15 heavy (non-hydrogen) atoms. The monoisotopic (exact) mass is 231 g/mol. The molecule has 2 unspecified atom stereocenters. The quantitative estimate of drug-likeness (QED) is 0.780. The second kappa shape index (κ2) is 4.06. The Morgan fingerprint density at radius 1 is 1.40 bits per heavy atom. The molecule has 4 heteroatoms. The fourth-order valence-corrected chi connectivity index (χ4v) is 5.10. The lowest BCUT2D eigenvalue weighted by Gasteiger charge is -2.39. The Kier molecular flexibility index (Phi) is 3.08. The molecule has 0 spiro atoms. The van der Waals surface area contributed by atoms with Crippen molar-refractivity contribution in [1.82, 2.24) is 5.32 Å². The molecule has 0 amide bonds. The molecular weight excluding hydrogens is 210 g/mol. The minimum atomic E-state index is -2.76. The fourth-order valence-electron chi connectivity index (χ4n) is 3.23. The van der Waals surface area contributed by atoms with Crippen molar-refractivity contribution in [2.24, 2.45) is 5.92 Å². The largest absolute Gasteiger partial charge is 0.311 e. The maximum absolute atomic E-state index is 11.6. The molecule has 0 aromatic rings. The molecule has 0 aliphatic carbocycles. The molecule has 2 atom stereocenters. The lowest BCUT2D eigenvalue weighted by atomic mass is 9.79. The van der Waals surface area contributed by atoms with Gasteiger partial charge in [-0.15, -0.1) is 0 Å². The third-order valence-corrected chi connectivity index (χ3v) is 5.97. The van der Waals surface area contributed by atoms with Crippen LogP contribution < -0.4 is 5.32 Å². The summed E-state index contributed by atoms with van der Waals surface area (Å²) in [5.74, 6) is 1.17. The Hall–Kier alpha value is -0.0900. The Morgan fingerprint density at radius 3 is 2.73 bits per heavy atom. The summed E-state index contributed by atoms with van der Waals surface area (Å²) in [4.78, 5) is 0. The van der Waals surface area contributed by atoms with E-state index in [-0.39, 0.29) is 5.54 Å². The second-order valence-corrected chi connectivity index (χ2v) is 7.22. The van der Waals surface area contributed by atoms with Gasteiger partial charge in [0, 0.05) is 5.54 Å². The van der Waals surface area contributed by atoms with Gasteiger partial charge >= 0.3 is 0 Å².